The summed E-state index contributed by atoms with van der Waals surface area (Å²) in [5.41, 5.74) is 4.85. The molecule has 4 heteroatoms. The van der Waals surface area contributed by atoms with Crippen LogP contribution in [-0.4, -0.2) is 10.8 Å². The van der Waals surface area contributed by atoms with Crippen LogP contribution in [0.1, 0.15) is 5.69 Å². The number of hydrogen-bond acceptors (Lipinski definition) is 2. The third kappa shape index (κ3) is 3.60. The number of aliphatic imine (C=N–C) groups is 1. The van der Waals surface area contributed by atoms with Crippen LogP contribution in [0.2, 0.25) is 5.02 Å². The van der Waals surface area contributed by atoms with Gasteiger partial charge in [-0.05, 0) is 72.8 Å². The average molecular weight is 397 g/mol. The monoisotopic (exact) mass is 396 g/mol. The Labute approximate surface area is 173 Å². The second-order valence-electron chi connectivity index (χ2n) is 6.73. The smallest absolute Gasteiger partial charge is 0.135 e. The first-order chi connectivity index (χ1) is 14.3. The summed E-state index contributed by atoms with van der Waals surface area (Å²) in [6, 6.07) is 29.9. The highest BCUT2D eigenvalue weighted by molar-refractivity contribution is 6.30. The quantitative estimate of drug-likeness (QED) is 0.293. The zero-order chi connectivity index (χ0) is 19.6. The predicted octanol–water partition coefficient (Wildman–Crippen LogP) is 7.29. The van der Waals surface area contributed by atoms with Gasteiger partial charge in [0.15, 0.2) is 0 Å². The summed E-state index contributed by atoms with van der Waals surface area (Å²) in [5.74, 6) is 0.860. The highest BCUT2D eigenvalue weighted by Gasteiger charge is 2.06. The van der Waals surface area contributed by atoms with Crippen LogP contribution in [0, 0.1) is 0 Å². The summed E-state index contributed by atoms with van der Waals surface area (Å²) in [4.78, 5) is 4.63. The first-order valence-corrected chi connectivity index (χ1v) is 9.70. The number of rotatable bonds is 4. The lowest BCUT2D eigenvalue weighted by atomic mass is 10.1. The Morgan fingerprint density at radius 3 is 2.41 bits per heavy atom. The minimum Gasteiger partial charge on any atom is -0.456 e. The summed E-state index contributed by atoms with van der Waals surface area (Å²) in [5, 5.41) is 1.83. The standard InChI is InChI=1S/C25H17ClN2O/c26-20-9-13-22(14-10-20)28-15-3-5-23(28)17-27-21-11-7-18(8-12-21)25-16-19-4-1-2-6-24(19)29-25/h1-17H. The van der Waals surface area contributed by atoms with Gasteiger partial charge in [0, 0.05) is 27.9 Å². The number of nitrogens with zero attached hydrogens (tertiary/aromatic N) is 2. The van der Waals surface area contributed by atoms with Crippen LogP contribution in [0.5, 0.6) is 0 Å². The molecule has 0 unspecified atom stereocenters. The number of aromatic nitrogens is 1. The molecule has 0 saturated heterocycles. The van der Waals surface area contributed by atoms with Gasteiger partial charge in [0.25, 0.3) is 0 Å². The maximum absolute atomic E-state index is 5.99. The van der Waals surface area contributed by atoms with E-state index < -0.39 is 0 Å². The van der Waals surface area contributed by atoms with Crippen molar-refractivity contribution >= 4 is 34.5 Å². The molecule has 0 fully saturated rings. The van der Waals surface area contributed by atoms with Gasteiger partial charge in [0.05, 0.1) is 17.6 Å². The van der Waals surface area contributed by atoms with E-state index in [2.05, 4.69) is 21.7 Å². The maximum atomic E-state index is 5.99. The van der Waals surface area contributed by atoms with E-state index >= 15 is 0 Å². The van der Waals surface area contributed by atoms with E-state index in [9.17, 15) is 0 Å². The van der Waals surface area contributed by atoms with Crippen LogP contribution in [0.3, 0.4) is 0 Å². The fourth-order valence-corrected chi connectivity index (χ4v) is 3.44. The van der Waals surface area contributed by atoms with Crippen molar-refractivity contribution in [3.8, 4) is 17.0 Å². The van der Waals surface area contributed by atoms with E-state index in [1.165, 1.54) is 0 Å². The van der Waals surface area contributed by atoms with Crippen LogP contribution in [-0.2, 0) is 0 Å². The van der Waals surface area contributed by atoms with Gasteiger partial charge in [-0.3, -0.25) is 4.99 Å². The molecule has 0 bridgehead atoms. The Kier molecular flexibility index (Phi) is 4.51. The first-order valence-electron chi connectivity index (χ1n) is 9.33. The van der Waals surface area contributed by atoms with Crippen molar-refractivity contribution < 1.29 is 4.42 Å². The van der Waals surface area contributed by atoms with Gasteiger partial charge < -0.3 is 8.98 Å². The van der Waals surface area contributed by atoms with Crippen molar-refractivity contribution in [2.45, 2.75) is 0 Å². The van der Waals surface area contributed by atoms with Crippen molar-refractivity contribution in [1.82, 2.24) is 4.57 Å². The minimum atomic E-state index is 0.723. The van der Waals surface area contributed by atoms with Crippen LogP contribution < -0.4 is 0 Å². The summed E-state index contributed by atoms with van der Waals surface area (Å²) in [7, 11) is 0. The fraction of sp³-hybridized carbons (Fsp3) is 0. The van der Waals surface area contributed by atoms with Crippen LogP contribution in [0.4, 0.5) is 5.69 Å². The molecule has 0 aliphatic rings. The molecule has 140 valence electrons. The number of furan rings is 1. The van der Waals surface area contributed by atoms with Gasteiger partial charge in [-0.25, -0.2) is 0 Å². The maximum Gasteiger partial charge on any atom is 0.135 e. The van der Waals surface area contributed by atoms with Crippen molar-refractivity contribution in [1.29, 1.82) is 0 Å². The first kappa shape index (κ1) is 17.5. The summed E-state index contributed by atoms with van der Waals surface area (Å²) in [6.45, 7) is 0. The minimum absolute atomic E-state index is 0.723. The zero-order valence-corrected chi connectivity index (χ0v) is 16.3. The normalized spacial score (nSPS) is 11.5. The molecule has 0 amide bonds. The van der Waals surface area contributed by atoms with Gasteiger partial charge in [-0.15, -0.1) is 0 Å². The molecule has 2 aromatic heterocycles. The number of fused-ring (bicyclic) bond motifs is 1. The molecule has 0 saturated carbocycles. The van der Waals surface area contributed by atoms with E-state index in [-0.39, 0.29) is 0 Å². The fourth-order valence-electron chi connectivity index (χ4n) is 3.31. The lowest BCUT2D eigenvalue weighted by Gasteiger charge is -2.06. The predicted molar refractivity (Wildman–Crippen MR) is 120 cm³/mol. The Morgan fingerprint density at radius 2 is 1.62 bits per heavy atom. The molecule has 0 spiro atoms. The number of para-hydroxylation sites is 1. The summed E-state index contributed by atoms with van der Waals surface area (Å²) >= 11 is 5.99. The molecule has 2 heterocycles. The topological polar surface area (TPSA) is 30.4 Å². The number of benzene rings is 3. The lowest BCUT2D eigenvalue weighted by Crippen LogP contribution is -1.97. The molecular formula is C25H17ClN2O. The highest BCUT2D eigenvalue weighted by atomic mass is 35.5. The van der Waals surface area contributed by atoms with E-state index in [0.29, 0.717) is 0 Å². The summed E-state index contributed by atoms with van der Waals surface area (Å²) < 4.78 is 8.01. The molecule has 0 N–H and O–H groups in total. The molecular weight excluding hydrogens is 380 g/mol. The molecule has 0 aliphatic heterocycles. The van der Waals surface area contributed by atoms with Crippen molar-refractivity contribution in [3.05, 3.63) is 108 Å². The van der Waals surface area contributed by atoms with E-state index in [1.807, 2.05) is 91.3 Å². The van der Waals surface area contributed by atoms with Crippen molar-refractivity contribution in [2.75, 3.05) is 0 Å². The Hall–Kier alpha value is -3.56. The van der Waals surface area contributed by atoms with Crippen LogP contribution in [0.25, 0.3) is 28.0 Å². The van der Waals surface area contributed by atoms with Crippen LogP contribution in [0.15, 0.2) is 107 Å². The Morgan fingerprint density at radius 1 is 0.828 bits per heavy atom. The Balaban J connectivity index is 1.38. The van der Waals surface area contributed by atoms with Gasteiger partial charge >= 0.3 is 0 Å². The number of hydrogen-bond donors (Lipinski definition) is 0. The van der Waals surface area contributed by atoms with E-state index in [1.54, 1.807) is 0 Å². The number of halogens is 1. The molecule has 5 rings (SSSR count). The largest absolute Gasteiger partial charge is 0.456 e. The third-order valence-electron chi connectivity index (χ3n) is 4.81. The Bertz CT molecular complexity index is 1260. The van der Waals surface area contributed by atoms with Gasteiger partial charge in [-0.1, -0.05) is 29.8 Å². The van der Waals surface area contributed by atoms with Gasteiger partial charge in [-0.2, -0.15) is 0 Å². The van der Waals surface area contributed by atoms with Crippen LogP contribution >= 0.6 is 11.6 Å². The second-order valence-corrected chi connectivity index (χ2v) is 7.17. The van der Waals surface area contributed by atoms with Gasteiger partial charge in [0.2, 0.25) is 0 Å². The molecule has 0 aliphatic carbocycles. The third-order valence-corrected chi connectivity index (χ3v) is 5.06. The molecule has 3 nitrogen and oxygen atoms in total. The highest BCUT2D eigenvalue weighted by Crippen LogP contribution is 2.29. The van der Waals surface area contributed by atoms with Gasteiger partial charge in [0.1, 0.15) is 11.3 Å². The molecule has 0 radical (unpaired) electrons. The summed E-state index contributed by atoms with van der Waals surface area (Å²) in [6.07, 6.45) is 3.88. The van der Waals surface area contributed by atoms with E-state index in [4.69, 9.17) is 16.0 Å². The SMILES string of the molecule is Clc1ccc(-n2cccc2C=Nc2ccc(-c3cc4ccccc4o3)cc2)cc1. The molecule has 5 aromatic rings. The second kappa shape index (κ2) is 7.46. The van der Waals surface area contributed by atoms with E-state index in [0.717, 1.165) is 44.4 Å². The molecule has 3 aromatic carbocycles. The van der Waals surface area contributed by atoms with Crippen molar-refractivity contribution in [3.63, 3.8) is 0 Å². The lowest BCUT2D eigenvalue weighted by molar-refractivity contribution is 0.631. The molecule has 29 heavy (non-hydrogen) atoms. The van der Waals surface area contributed by atoms with Crippen molar-refractivity contribution in [2.24, 2.45) is 4.99 Å². The average Bonchev–Trinajstić information content (AvgIpc) is 3.40. The molecule has 0 atom stereocenters. The zero-order valence-electron chi connectivity index (χ0n) is 15.5.